The summed E-state index contributed by atoms with van der Waals surface area (Å²) in [5.74, 6) is -0.646. The Bertz CT molecular complexity index is 1100. The van der Waals surface area contributed by atoms with E-state index in [9.17, 15) is 18.0 Å². The maximum atomic E-state index is 13.0. The molecular weight excluding hydrogens is 450 g/mol. The Balaban J connectivity index is 1.80. The first kappa shape index (κ1) is 24.2. The molecule has 32 heavy (non-hydrogen) atoms. The van der Waals surface area contributed by atoms with Gasteiger partial charge in [0.2, 0.25) is 21.8 Å². The number of benzene rings is 2. The van der Waals surface area contributed by atoms with E-state index < -0.39 is 16.1 Å². The van der Waals surface area contributed by atoms with Gasteiger partial charge in [0.15, 0.2) is 0 Å². The number of anilines is 1. The second-order valence-corrected chi connectivity index (χ2v) is 10.3. The predicted molar refractivity (Wildman–Crippen MR) is 125 cm³/mol. The molecule has 0 bridgehead atoms. The highest BCUT2D eigenvalue weighted by Crippen LogP contribution is 2.28. The molecule has 0 spiro atoms. The van der Waals surface area contributed by atoms with E-state index in [0.29, 0.717) is 29.4 Å². The zero-order valence-electron chi connectivity index (χ0n) is 18.2. The lowest BCUT2D eigenvalue weighted by atomic mass is 10.0. The lowest BCUT2D eigenvalue weighted by molar-refractivity contribution is -0.120. The van der Waals surface area contributed by atoms with Gasteiger partial charge in [0.25, 0.3) is 0 Å². The van der Waals surface area contributed by atoms with Gasteiger partial charge in [0.05, 0.1) is 17.4 Å². The molecule has 0 aromatic heterocycles. The summed E-state index contributed by atoms with van der Waals surface area (Å²) in [5.41, 5.74) is 1.80. The van der Waals surface area contributed by atoms with Gasteiger partial charge in [0, 0.05) is 30.7 Å². The molecule has 2 amide bonds. The molecule has 1 atom stereocenters. The van der Waals surface area contributed by atoms with Gasteiger partial charge in [-0.15, -0.1) is 0 Å². The van der Waals surface area contributed by atoms with E-state index in [4.69, 9.17) is 11.6 Å². The first-order valence-electron chi connectivity index (χ1n) is 10.6. The molecular formula is C23H28ClN3O4S. The van der Waals surface area contributed by atoms with Crippen molar-refractivity contribution in [2.45, 2.75) is 50.5 Å². The first-order chi connectivity index (χ1) is 15.2. The number of piperidine rings is 1. The van der Waals surface area contributed by atoms with Crippen LogP contribution in [0.15, 0.2) is 47.4 Å². The van der Waals surface area contributed by atoms with Crippen molar-refractivity contribution in [1.82, 2.24) is 9.62 Å². The van der Waals surface area contributed by atoms with Crippen LogP contribution in [-0.4, -0.2) is 37.6 Å². The van der Waals surface area contributed by atoms with Crippen LogP contribution in [0.5, 0.6) is 0 Å². The van der Waals surface area contributed by atoms with E-state index in [-0.39, 0.29) is 23.1 Å². The quantitative estimate of drug-likeness (QED) is 0.629. The van der Waals surface area contributed by atoms with E-state index >= 15 is 0 Å². The molecule has 172 valence electrons. The fourth-order valence-electron chi connectivity index (χ4n) is 3.78. The van der Waals surface area contributed by atoms with Crippen molar-refractivity contribution < 1.29 is 18.0 Å². The average Bonchev–Trinajstić information content (AvgIpc) is 2.75. The largest absolute Gasteiger partial charge is 0.349 e. The number of amides is 2. The second-order valence-electron chi connectivity index (χ2n) is 7.97. The number of hydrogen-bond donors (Lipinski definition) is 2. The molecule has 1 aliphatic rings. The second kappa shape index (κ2) is 10.5. The highest BCUT2D eigenvalue weighted by atomic mass is 35.5. The predicted octanol–water partition coefficient (Wildman–Crippen LogP) is 4.03. The maximum Gasteiger partial charge on any atom is 0.243 e. The van der Waals surface area contributed by atoms with Gasteiger partial charge in [-0.2, -0.15) is 4.31 Å². The third-order valence-electron chi connectivity index (χ3n) is 5.48. The zero-order valence-corrected chi connectivity index (χ0v) is 19.8. The minimum Gasteiger partial charge on any atom is -0.349 e. The molecule has 0 aliphatic carbocycles. The first-order valence-corrected chi connectivity index (χ1v) is 12.4. The summed E-state index contributed by atoms with van der Waals surface area (Å²) in [4.78, 5) is 24.7. The number of carbonyl (C=O) groups is 2. The maximum absolute atomic E-state index is 13.0. The number of hydrogen-bond acceptors (Lipinski definition) is 4. The van der Waals surface area contributed by atoms with Crippen LogP contribution in [0.4, 0.5) is 5.69 Å². The normalized spacial score (nSPS) is 15.7. The molecule has 3 rings (SSSR count). The summed E-state index contributed by atoms with van der Waals surface area (Å²) in [5, 5.41) is 6.01. The Morgan fingerprint density at radius 2 is 1.78 bits per heavy atom. The van der Waals surface area contributed by atoms with Crippen molar-refractivity contribution in [2.24, 2.45) is 0 Å². The van der Waals surface area contributed by atoms with Gasteiger partial charge < -0.3 is 10.6 Å². The molecule has 1 heterocycles. The molecule has 0 radical (unpaired) electrons. The van der Waals surface area contributed by atoms with Crippen LogP contribution in [0.1, 0.15) is 49.8 Å². The Labute approximate surface area is 194 Å². The third kappa shape index (κ3) is 5.88. The minimum absolute atomic E-state index is 0.0497. The van der Waals surface area contributed by atoms with Gasteiger partial charge in [-0.25, -0.2) is 8.42 Å². The topological polar surface area (TPSA) is 95.6 Å². The zero-order chi connectivity index (χ0) is 23.3. The molecule has 1 fully saturated rings. The van der Waals surface area contributed by atoms with Crippen LogP contribution in [0, 0.1) is 6.92 Å². The smallest absolute Gasteiger partial charge is 0.243 e. The molecule has 1 saturated heterocycles. The monoisotopic (exact) mass is 477 g/mol. The molecule has 1 aliphatic heterocycles. The van der Waals surface area contributed by atoms with Crippen LogP contribution in [-0.2, 0) is 19.6 Å². The summed E-state index contributed by atoms with van der Waals surface area (Å²) < 4.78 is 27.5. The lowest BCUT2D eigenvalue weighted by Gasteiger charge is -2.26. The number of rotatable bonds is 7. The van der Waals surface area contributed by atoms with Gasteiger partial charge in [-0.05, 0) is 49.1 Å². The Morgan fingerprint density at radius 3 is 2.44 bits per heavy atom. The van der Waals surface area contributed by atoms with Crippen LogP contribution < -0.4 is 10.6 Å². The van der Waals surface area contributed by atoms with Crippen LogP contribution in [0.3, 0.4) is 0 Å². The van der Waals surface area contributed by atoms with Gasteiger partial charge >= 0.3 is 0 Å². The van der Waals surface area contributed by atoms with E-state index in [0.717, 1.165) is 24.8 Å². The van der Waals surface area contributed by atoms with Crippen molar-refractivity contribution in [3.63, 3.8) is 0 Å². The molecule has 0 unspecified atom stereocenters. The van der Waals surface area contributed by atoms with Crippen molar-refractivity contribution in [3.8, 4) is 0 Å². The number of sulfonamides is 1. The molecule has 9 heteroatoms. The lowest BCUT2D eigenvalue weighted by Crippen LogP contribution is -2.35. The van der Waals surface area contributed by atoms with Crippen molar-refractivity contribution >= 4 is 39.1 Å². The third-order valence-corrected chi connectivity index (χ3v) is 7.72. The average molecular weight is 478 g/mol. The van der Waals surface area contributed by atoms with Crippen molar-refractivity contribution in [3.05, 3.63) is 58.6 Å². The van der Waals surface area contributed by atoms with E-state index in [1.165, 1.54) is 17.3 Å². The number of nitrogens with zero attached hydrogens (tertiary/aromatic N) is 1. The summed E-state index contributed by atoms with van der Waals surface area (Å²) in [7, 11) is -3.62. The Morgan fingerprint density at radius 1 is 1.09 bits per heavy atom. The summed E-state index contributed by atoms with van der Waals surface area (Å²) >= 11 is 6.26. The number of halogens is 1. The van der Waals surface area contributed by atoms with E-state index in [1.807, 2.05) is 0 Å². The fraction of sp³-hybridized carbons (Fsp3) is 0.391. The summed E-state index contributed by atoms with van der Waals surface area (Å²) in [6, 6.07) is 11.2. The van der Waals surface area contributed by atoms with E-state index in [1.54, 1.807) is 43.3 Å². The molecule has 7 nitrogen and oxygen atoms in total. The SMILES string of the molecule is CC(=O)N[C@@H](CC(=O)Nc1cc(S(=O)(=O)N2CCCCC2)ccc1C)c1ccccc1Cl. The van der Waals surface area contributed by atoms with Crippen LogP contribution >= 0.6 is 11.6 Å². The van der Waals surface area contributed by atoms with Gasteiger partial charge in [-0.1, -0.05) is 42.3 Å². The molecule has 2 N–H and O–H groups in total. The highest BCUT2D eigenvalue weighted by molar-refractivity contribution is 7.89. The van der Waals surface area contributed by atoms with Crippen molar-refractivity contribution in [1.29, 1.82) is 0 Å². The van der Waals surface area contributed by atoms with Gasteiger partial charge in [-0.3, -0.25) is 9.59 Å². The standard InChI is InChI=1S/C23H28ClN3O4S/c1-16-10-11-18(32(30,31)27-12-6-3-7-13-27)14-21(16)26-23(29)15-22(25-17(2)28)19-8-4-5-9-20(19)24/h4-5,8-11,14,22H,3,6-7,12-13,15H2,1-2H3,(H,25,28)(H,26,29)/t22-/m0/s1. The van der Waals surface area contributed by atoms with Crippen LogP contribution in [0.25, 0.3) is 0 Å². The Kier molecular flexibility index (Phi) is 7.92. The highest BCUT2D eigenvalue weighted by Gasteiger charge is 2.27. The van der Waals surface area contributed by atoms with E-state index in [2.05, 4.69) is 10.6 Å². The Hall–Kier alpha value is -2.42. The molecule has 2 aromatic carbocycles. The minimum atomic E-state index is -3.62. The van der Waals surface area contributed by atoms with Crippen LogP contribution in [0.2, 0.25) is 5.02 Å². The van der Waals surface area contributed by atoms with Gasteiger partial charge in [0.1, 0.15) is 0 Å². The number of nitrogens with one attached hydrogen (secondary N) is 2. The fourth-order valence-corrected chi connectivity index (χ4v) is 5.59. The molecule has 0 saturated carbocycles. The van der Waals surface area contributed by atoms with Crippen molar-refractivity contribution in [2.75, 3.05) is 18.4 Å². The summed E-state index contributed by atoms with van der Waals surface area (Å²) in [6.45, 7) is 4.19. The molecule has 2 aromatic rings. The number of aryl methyl sites for hydroxylation is 1. The summed E-state index contributed by atoms with van der Waals surface area (Å²) in [6.07, 6.45) is 2.68. The number of carbonyl (C=O) groups excluding carboxylic acids is 2.